The largest absolute Gasteiger partial charge is 0.463 e. The van der Waals surface area contributed by atoms with Gasteiger partial charge in [0.25, 0.3) is 0 Å². The van der Waals surface area contributed by atoms with E-state index >= 15 is 0 Å². The zero-order valence-corrected chi connectivity index (χ0v) is 10.7. The van der Waals surface area contributed by atoms with Crippen LogP contribution in [0, 0.1) is 0 Å². The van der Waals surface area contributed by atoms with Crippen molar-refractivity contribution in [3.63, 3.8) is 0 Å². The number of rotatable bonds is 7. The smallest absolute Gasteiger partial charge is 0.305 e. The number of ether oxygens (including phenoxy) is 2. The molecule has 0 bridgehead atoms. The highest BCUT2D eigenvalue weighted by Gasteiger charge is 1.97. The predicted octanol–water partition coefficient (Wildman–Crippen LogP) is 1.54. The second kappa shape index (κ2) is 13.4. The number of hydrogen-bond acceptors (Lipinski definition) is 4. The first-order valence-electron chi connectivity index (χ1n) is 5.55. The molecule has 0 N–H and O–H groups in total. The highest BCUT2D eigenvalue weighted by Crippen LogP contribution is 1.85. The summed E-state index contributed by atoms with van der Waals surface area (Å²) in [5, 5.41) is 0. The van der Waals surface area contributed by atoms with Crippen LogP contribution in [0.4, 0.5) is 0 Å². The van der Waals surface area contributed by atoms with Gasteiger partial charge in [-0.3, -0.25) is 4.79 Å². The summed E-state index contributed by atoms with van der Waals surface area (Å²) in [7, 11) is 3.97. The average Bonchev–Trinajstić information content (AvgIpc) is 2.25. The first-order chi connectivity index (χ1) is 7.16. The maximum atomic E-state index is 10.7. The van der Waals surface area contributed by atoms with Crippen LogP contribution in [0.1, 0.15) is 27.2 Å². The van der Waals surface area contributed by atoms with Crippen LogP contribution in [0.25, 0.3) is 0 Å². The van der Waals surface area contributed by atoms with Crippen molar-refractivity contribution in [3.8, 4) is 0 Å². The van der Waals surface area contributed by atoms with E-state index in [1.54, 1.807) is 6.92 Å². The van der Waals surface area contributed by atoms with Crippen LogP contribution in [-0.2, 0) is 14.3 Å². The Morgan fingerprint density at radius 2 is 1.73 bits per heavy atom. The van der Waals surface area contributed by atoms with Gasteiger partial charge in [-0.25, -0.2) is 0 Å². The average molecular weight is 219 g/mol. The Morgan fingerprint density at radius 1 is 1.13 bits per heavy atom. The lowest BCUT2D eigenvalue weighted by Gasteiger charge is -2.09. The fraction of sp³-hybridized carbons (Fsp3) is 0.909. The van der Waals surface area contributed by atoms with Gasteiger partial charge in [-0.1, -0.05) is 20.8 Å². The molecule has 0 aliphatic carbocycles. The zero-order chi connectivity index (χ0) is 12.1. The molecule has 0 fully saturated rings. The molecule has 0 unspecified atom stereocenters. The normalized spacial score (nSPS) is 9.47. The molecular formula is C11H25NO3. The number of esters is 1. The number of nitrogens with zero attached hydrogens (tertiary/aromatic N) is 1. The standard InChI is InChI=1S/C9H19NO3.C2H6/c1-4-9(11)13-8-7-12-6-5-10(2)3;1-2/h4-8H2,1-3H3;1-2H3. The van der Waals surface area contributed by atoms with E-state index in [4.69, 9.17) is 9.47 Å². The fourth-order valence-electron chi connectivity index (χ4n) is 0.666. The molecule has 4 heteroatoms. The Labute approximate surface area is 93.5 Å². The Balaban J connectivity index is 0. The predicted molar refractivity (Wildman–Crippen MR) is 62.0 cm³/mol. The van der Waals surface area contributed by atoms with Gasteiger partial charge >= 0.3 is 5.97 Å². The zero-order valence-electron chi connectivity index (χ0n) is 10.7. The van der Waals surface area contributed by atoms with E-state index in [2.05, 4.69) is 0 Å². The van der Waals surface area contributed by atoms with E-state index in [9.17, 15) is 4.79 Å². The first-order valence-corrected chi connectivity index (χ1v) is 5.55. The van der Waals surface area contributed by atoms with Crippen LogP contribution >= 0.6 is 0 Å². The summed E-state index contributed by atoms with van der Waals surface area (Å²) in [6.45, 7) is 8.19. The van der Waals surface area contributed by atoms with Gasteiger partial charge in [-0.2, -0.15) is 0 Å². The Bertz CT molecular complexity index is 138. The number of carbonyl (C=O) groups excluding carboxylic acids is 1. The summed E-state index contributed by atoms with van der Waals surface area (Å²) in [6.07, 6.45) is 0.428. The third kappa shape index (κ3) is 16.1. The van der Waals surface area contributed by atoms with Crippen molar-refractivity contribution in [2.24, 2.45) is 0 Å². The lowest BCUT2D eigenvalue weighted by molar-refractivity contribution is -0.144. The quantitative estimate of drug-likeness (QED) is 0.481. The minimum atomic E-state index is -0.170. The maximum absolute atomic E-state index is 10.7. The molecule has 4 nitrogen and oxygen atoms in total. The summed E-state index contributed by atoms with van der Waals surface area (Å²) >= 11 is 0. The maximum Gasteiger partial charge on any atom is 0.305 e. The highest BCUT2D eigenvalue weighted by molar-refractivity contribution is 5.68. The SMILES string of the molecule is CC.CCC(=O)OCCOCCN(C)C. The van der Waals surface area contributed by atoms with Crippen LogP contribution in [0.3, 0.4) is 0 Å². The summed E-state index contributed by atoms with van der Waals surface area (Å²) in [4.78, 5) is 12.7. The number of likely N-dealkylation sites (N-methyl/N-ethyl adjacent to an activating group) is 1. The molecular weight excluding hydrogens is 194 g/mol. The third-order valence-electron chi connectivity index (χ3n) is 1.46. The van der Waals surface area contributed by atoms with Gasteiger partial charge < -0.3 is 14.4 Å². The number of hydrogen-bond donors (Lipinski definition) is 0. The van der Waals surface area contributed by atoms with Crippen molar-refractivity contribution in [2.75, 3.05) is 40.5 Å². The van der Waals surface area contributed by atoms with Gasteiger partial charge in [-0.15, -0.1) is 0 Å². The molecule has 0 rings (SSSR count). The molecule has 0 aliphatic heterocycles. The Hall–Kier alpha value is -0.610. The summed E-state index contributed by atoms with van der Waals surface area (Å²) < 4.78 is 10.0. The molecule has 0 amide bonds. The van der Waals surface area contributed by atoms with E-state index in [0.717, 1.165) is 6.54 Å². The van der Waals surface area contributed by atoms with Gasteiger partial charge in [0.05, 0.1) is 13.2 Å². The van der Waals surface area contributed by atoms with Gasteiger partial charge in [0.2, 0.25) is 0 Å². The topological polar surface area (TPSA) is 38.8 Å². The first kappa shape index (κ1) is 16.8. The van der Waals surface area contributed by atoms with Crippen molar-refractivity contribution in [1.82, 2.24) is 4.90 Å². The van der Waals surface area contributed by atoms with Gasteiger partial charge in [0, 0.05) is 13.0 Å². The van der Waals surface area contributed by atoms with E-state index in [1.165, 1.54) is 0 Å². The molecule has 0 aliphatic rings. The van der Waals surface area contributed by atoms with Crippen LogP contribution in [0.2, 0.25) is 0 Å². The Morgan fingerprint density at radius 3 is 2.20 bits per heavy atom. The summed E-state index contributed by atoms with van der Waals surface area (Å²) in [5.74, 6) is -0.170. The van der Waals surface area contributed by atoms with Crippen LogP contribution in [-0.4, -0.2) is 51.3 Å². The molecule has 0 spiro atoms. The molecule has 0 saturated heterocycles. The minimum Gasteiger partial charge on any atom is -0.463 e. The van der Waals surface area contributed by atoms with E-state index < -0.39 is 0 Å². The lowest BCUT2D eigenvalue weighted by atomic mass is 10.5. The molecule has 0 aromatic rings. The van der Waals surface area contributed by atoms with Crippen molar-refractivity contribution >= 4 is 5.97 Å². The molecule has 0 heterocycles. The van der Waals surface area contributed by atoms with E-state index in [-0.39, 0.29) is 5.97 Å². The van der Waals surface area contributed by atoms with Crippen LogP contribution in [0.15, 0.2) is 0 Å². The monoisotopic (exact) mass is 219 g/mol. The van der Waals surface area contributed by atoms with Gasteiger partial charge in [-0.05, 0) is 14.1 Å². The minimum absolute atomic E-state index is 0.170. The number of carbonyl (C=O) groups is 1. The highest BCUT2D eigenvalue weighted by atomic mass is 16.6. The molecule has 0 atom stereocenters. The molecule has 92 valence electrons. The van der Waals surface area contributed by atoms with E-state index in [1.807, 2.05) is 32.8 Å². The molecule has 0 saturated carbocycles. The second-order valence-corrected chi connectivity index (χ2v) is 2.99. The van der Waals surface area contributed by atoms with Crippen molar-refractivity contribution in [2.45, 2.75) is 27.2 Å². The molecule has 0 aromatic heterocycles. The third-order valence-corrected chi connectivity index (χ3v) is 1.46. The molecule has 0 radical (unpaired) electrons. The summed E-state index contributed by atoms with van der Waals surface area (Å²) in [5.41, 5.74) is 0. The second-order valence-electron chi connectivity index (χ2n) is 2.99. The fourth-order valence-corrected chi connectivity index (χ4v) is 0.666. The van der Waals surface area contributed by atoms with Crippen molar-refractivity contribution in [3.05, 3.63) is 0 Å². The van der Waals surface area contributed by atoms with Crippen molar-refractivity contribution in [1.29, 1.82) is 0 Å². The summed E-state index contributed by atoms with van der Waals surface area (Å²) in [6, 6.07) is 0. The van der Waals surface area contributed by atoms with Crippen LogP contribution in [0.5, 0.6) is 0 Å². The van der Waals surface area contributed by atoms with E-state index in [0.29, 0.717) is 26.2 Å². The Kier molecular flexibility index (Phi) is 15.0. The van der Waals surface area contributed by atoms with Gasteiger partial charge in [0.1, 0.15) is 6.61 Å². The van der Waals surface area contributed by atoms with Crippen LogP contribution < -0.4 is 0 Å². The lowest BCUT2D eigenvalue weighted by Crippen LogP contribution is -2.19. The van der Waals surface area contributed by atoms with Crippen molar-refractivity contribution < 1.29 is 14.3 Å². The van der Waals surface area contributed by atoms with Gasteiger partial charge in [0.15, 0.2) is 0 Å². The molecule has 0 aromatic carbocycles. The molecule has 15 heavy (non-hydrogen) atoms.